The fraction of sp³-hybridized carbons (Fsp3) is 0.615. The summed E-state index contributed by atoms with van der Waals surface area (Å²) in [4.78, 5) is 16.5. The maximum absolute atomic E-state index is 12.1. The minimum Gasteiger partial charge on any atom is -0.346 e. The van der Waals surface area contributed by atoms with Crippen LogP contribution < -0.4 is 5.32 Å². The van der Waals surface area contributed by atoms with E-state index in [1.807, 2.05) is 17.8 Å². The molecule has 1 aliphatic rings. The predicted molar refractivity (Wildman–Crippen MR) is 73.9 cm³/mol. The third-order valence-corrected chi connectivity index (χ3v) is 3.73. The number of hydrogen-bond donors (Lipinski definition) is 1. The number of carbonyl (C=O) groups excluding carboxylic acids is 1. The molecule has 0 radical (unpaired) electrons. The zero-order chi connectivity index (χ0) is 14.7. The molecule has 1 amide bonds. The van der Waals surface area contributed by atoms with Crippen LogP contribution in [0.15, 0.2) is 18.7 Å². The normalized spacial score (nSPS) is 15.9. The van der Waals surface area contributed by atoms with Gasteiger partial charge >= 0.3 is 0 Å². The quantitative estimate of drug-likeness (QED) is 0.799. The Hall–Kier alpha value is -2.25. The van der Waals surface area contributed by atoms with Crippen molar-refractivity contribution < 1.29 is 4.79 Å². The molecule has 0 saturated heterocycles. The monoisotopic (exact) mass is 289 g/mol. The van der Waals surface area contributed by atoms with Crippen LogP contribution in [0, 0.1) is 5.92 Å². The third kappa shape index (κ3) is 3.45. The van der Waals surface area contributed by atoms with Gasteiger partial charge < -0.3 is 9.88 Å². The molecule has 8 heteroatoms. The Morgan fingerprint density at radius 2 is 2.38 bits per heavy atom. The van der Waals surface area contributed by atoms with Gasteiger partial charge in [0.05, 0.1) is 6.04 Å². The molecule has 1 aliphatic carbocycles. The highest BCUT2D eigenvalue weighted by Gasteiger charge is 2.35. The van der Waals surface area contributed by atoms with Crippen LogP contribution in [0.2, 0.25) is 0 Å². The lowest BCUT2D eigenvalue weighted by Gasteiger charge is -2.18. The van der Waals surface area contributed by atoms with Crippen molar-refractivity contribution in [1.82, 2.24) is 35.1 Å². The second kappa shape index (κ2) is 6.02. The number of aromatic nitrogens is 6. The summed E-state index contributed by atoms with van der Waals surface area (Å²) in [5.74, 6) is 1.52. The van der Waals surface area contributed by atoms with Crippen molar-refractivity contribution >= 4 is 5.91 Å². The van der Waals surface area contributed by atoms with Crippen LogP contribution in [0.4, 0.5) is 0 Å². The van der Waals surface area contributed by atoms with Crippen molar-refractivity contribution in [3.8, 4) is 0 Å². The maximum atomic E-state index is 12.1. The van der Waals surface area contributed by atoms with Gasteiger partial charge in [-0.3, -0.25) is 4.79 Å². The Kier molecular flexibility index (Phi) is 3.94. The first-order valence-electron chi connectivity index (χ1n) is 7.21. The number of carbonyl (C=O) groups is 1. The Balaban J connectivity index is 1.51. The van der Waals surface area contributed by atoms with Gasteiger partial charge in [0.1, 0.15) is 12.2 Å². The van der Waals surface area contributed by atoms with Crippen LogP contribution in [0.25, 0.3) is 0 Å². The van der Waals surface area contributed by atoms with Gasteiger partial charge in [0.15, 0.2) is 0 Å². The minimum absolute atomic E-state index is 0.0329. The molecule has 112 valence electrons. The van der Waals surface area contributed by atoms with E-state index >= 15 is 0 Å². The summed E-state index contributed by atoms with van der Waals surface area (Å²) in [6.45, 7) is 0.650. The zero-order valence-corrected chi connectivity index (χ0v) is 12.0. The Morgan fingerprint density at radius 3 is 3.00 bits per heavy atom. The van der Waals surface area contributed by atoms with Crippen molar-refractivity contribution in [2.24, 2.45) is 13.0 Å². The molecular weight excluding hydrogens is 270 g/mol. The first-order chi connectivity index (χ1) is 10.2. The van der Waals surface area contributed by atoms with Crippen molar-refractivity contribution in [3.63, 3.8) is 0 Å². The summed E-state index contributed by atoms with van der Waals surface area (Å²) < 4.78 is 3.61. The first-order valence-corrected chi connectivity index (χ1v) is 7.21. The maximum Gasteiger partial charge on any atom is 0.220 e. The topological polar surface area (TPSA) is 90.5 Å². The summed E-state index contributed by atoms with van der Waals surface area (Å²) in [7, 11) is 1.96. The number of aryl methyl sites for hydroxylation is 2. The summed E-state index contributed by atoms with van der Waals surface area (Å²) in [6.07, 6.45) is 8.73. The van der Waals surface area contributed by atoms with E-state index in [1.54, 1.807) is 17.2 Å². The van der Waals surface area contributed by atoms with Crippen LogP contribution in [0.5, 0.6) is 0 Å². The Morgan fingerprint density at radius 1 is 1.52 bits per heavy atom. The average molecular weight is 289 g/mol. The van der Waals surface area contributed by atoms with Gasteiger partial charge in [0, 0.05) is 32.4 Å². The van der Waals surface area contributed by atoms with Crippen molar-refractivity contribution in [1.29, 1.82) is 0 Å². The van der Waals surface area contributed by atoms with Gasteiger partial charge in [0.25, 0.3) is 0 Å². The molecule has 0 aromatic carbocycles. The van der Waals surface area contributed by atoms with E-state index in [4.69, 9.17) is 0 Å². The Bertz CT molecular complexity index is 587. The first kappa shape index (κ1) is 13.7. The van der Waals surface area contributed by atoms with Crippen LogP contribution in [0.1, 0.15) is 37.5 Å². The number of amides is 1. The molecule has 8 nitrogen and oxygen atoms in total. The van der Waals surface area contributed by atoms with Gasteiger partial charge in [-0.15, -0.1) is 5.10 Å². The molecular formula is C13H19N7O. The fourth-order valence-electron chi connectivity index (χ4n) is 2.43. The summed E-state index contributed by atoms with van der Waals surface area (Å²) >= 11 is 0. The standard InChI is InChI=1S/C13H19N7O/c1-19-8-6-14-13(19)12(10-4-5-10)16-11(21)3-2-7-20-9-15-17-18-20/h6,8-10,12H,2-5,7H2,1H3,(H,16,21). The lowest BCUT2D eigenvalue weighted by molar-refractivity contribution is -0.122. The Labute approximate surface area is 122 Å². The minimum atomic E-state index is 0.0329. The van der Waals surface area contributed by atoms with Gasteiger partial charge in [-0.05, 0) is 35.6 Å². The number of nitrogens with one attached hydrogen (secondary N) is 1. The number of rotatable bonds is 7. The molecule has 3 rings (SSSR count). The molecule has 1 atom stereocenters. The van der Waals surface area contributed by atoms with E-state index in [0.717, 1.165) is 25.1 Å². The zero-order valence-electron chi connectivity index (χ0n) is 12.0. The fourth-order valence-corrected chi connectivity index (χ4v) is 2.43. The molecule has 0 spiro atoms. The third-order valence-electron chi connectivity index (χ3n) is 3.73. The number of imidazole rings is 1. The second-order valence-electron chi connectivity index (χ2n) is 5.46. The predicted octanol–water partition coefficient (Wildman–Crippen LogP) is 0.454. The number of nitrogens with zero attached hydrogens (tertiary/aromatic N) is 6. The van der Waals surface area contributed by atoms with Crippen LogP contribution >= 0.6 is 0 Å². The molecule has 2 aromatic rings. The van der Waals surface area contributed by atoms with E-state index in [9.17, 15) is 4.79 Å². The number of hydrogen-bond acceptors (Lipinski definition) is 5. The van der Waals surface area contributed by atoms with E-state index in [2.05, 4.69) is 25.8 Å². The molecule has 1 unspecified atom stereocenters. The second-order valence-corrected chi connectivity index (χ2v) is 5.46. The SMILES string of the molecule is Cn1ccnc1C(NC(=O)CCCn1cnnn1)C1CC1. The number of tetrazole rings is 1. The summed E-state index contributed by atoms with van der Waals surface area (Å²) in [5.41, 5.74) is 0. The molecule has 1 fully saturated rings. The van der Waals surface area contributed by atoms with Crippen LogP contribution in [-0.2, 0) is 18.4 Å². The average Bonchev–Trinajstić information content (AvgIpc) is 3.01. The lowest BCUT2D eigenvalue weighted by Crippen LogP contribution is -2.31. The van der Waals surface area contributed by atoms with E-state index in [1.165, 1.54) is 0 Å². The molecule has 2 aromatic heterocycles. The highest BCUT2D eigenvalue weighted by Crippen LogP contribution is 2.40. The smallest absolute Gasteiger partial charge is 0.220 e. The van der Waals surface area contributed by atoms with Crippen molar-refractivity contribution in [3.05, 3.63) is 24.5 Å². The van der Waals surface area contributed by atoms with Crippen LogP contribution in [0.3, 0.4) is 0 Å². The lowest BCUT2D eigenvalue weighted by atomic mass is 10.1. The van der Waals surface area contributed by atoms with Crippen molar-refractivity contribution in [2.75, 3.05) is 0 Å². The van der Waals surface area contributed by atoms with Gasteiger partial charge in [-0.25, -0.2) is 9.67 Å². The van der Waals surface area contributed by atoms with Crippen molar-refractivity contribution in [2.45, 2.75) is 38.3 Å². The van der Waals surface area contributed by atoms with E-state index < -0.39 is 0 Å². The van der Waals surface area contributed by atoms with E-state index in [0.29, 0.717) is 18.9 Å². The van der Waals surface area contributed by atoms with E-state index in [-0.39, 0.29) is 11.9 Å². The molecule has 0 bridgehead atoms. The molecule has 1 N–H and O–H groups in total. The summed E-state index contributed by atoms with van der Waals surface area (Å²) in [6, 6.07) is 0.0329. The highest BCUT2D eigenvalue weighted by molar-refractivity contribution is 5.76. The summed E-state index contributed by atoms with van der Waals surface area (Å²) in [5, 5.41) is 14.0. The van der Waals surface area contributed by atoms with Crippen LogP contribution in [-0.4, -0.2) is 35.7 Å². The molecule has 1 saturated carbocycles. The highest BCUT2D eigenvalue weighted by atomic mass is 16.1. The van der Waals surface area contributed by atoms with Gasteiger partial charge in [0.2, 0.25) is 5.91 Å². The van der Waals surface area contributed by atoms with Gasteiger partial charge in [-0.1, -0.05) is 0 Å². The molecule has 0 aliphatic heterocycles. The molecule has 21 heavy (non-hydrogen) atoms. The largest absolute Gasteiger partial charge is 0.346 e. The molecule has 2 heterocycles. The van der Waals surface area contributed by atoms with Gasteiger partial charge in [-0.2, -0.15) is 0 Å².